The van der Waals surface area contributed by atoms with Crippen LogP contribution in [-0.4, -0.2) is 55.9 Å². The summed E-state index contributed by atoms with van der Waals surface area (Å²) in [5, 5.41) is 8.38. The number of halogens is 1. The number of rotatable bonds is 5. The summed E-state index contributed by atoms with van der Waals surface area (Å²) in [7, 11) is 3.33. The molecule has 12 heteroatoms. The van der Waals surface area contributed by atoms with Crippen LogP contribution in [0, 0.1) is 19.7 Å². The molecule has 5 aromatic rings. The van der Waals surface area contributed by atoms with Crippen LogP contribution >= 0.6 is 0 Å². The molecule has 1 aliphatic rings. The number of amides is 1. The molecule has 11 nitrogen and oxygen atoms in total. The lowest BCUT2D eigenvalue weighted by Crippen LogP contribution is -2.31. The molecule has 0 unspecified atom stereocenters. The molecule has 1 amide bonds. The second-order valence-electron chi connectivity index (χ2n) is 10.7. The molecule has 0 bridgehead atoms. The Hall–Kier alpha value is -4.74. The largest absolute Gasteiger partial charge is 0.446 e. The summed E-state index contributed by atoms with van der Waals surface area (Å²) in [4.78, 5) is 26.5. The Balaban J connectivity index is 1.28. The number of hydrogen-bond donors (Lipinski definition) is 2. The predicted octanol–water partition coefficient (Wildman–Crippen LogP) is 5.90. The summed E-state index contributed by atoms with van der Waals surface area (Å²) >= 11 is 0. The minimum absolute atomic E-state index is 0.0203. The number of nitrogens with zero attached hydrogens (tertiary/aromatic N) is 6. The van der Waals surface area contributed by atoms with Gasteiger partial charge < -0.3 is 25.1 Å². The van der Waals surface area contributed by atoms with Crippen molar-refractivity contribution in [1.29, 1.82) is 0 Å². The van der Waals surface area contributed by atoms with Gasteiger partial charge in [0.25, 0.3) is 6.01 Å². The maximum atomic E-state index is 15.4. The normalized spacial score (nSPS) is 17.2. The molecule has 3 aromatic heterocycles. The van der Waals surface area contributed by atoms with Crippen LogP contribution in [0.4, 0.5) is 26.7 Å². The van der Waals surface area contributed by atoms with Crippen molar-refractivity contribution >= 4 is 45.7 Å². The average molecular weight is 559 g/mol. The van der Waals surface area contributed by atoms with Gasteiger partial charge in [-0.25, -0.2) is 23.8 Å². The monoisotopic (exact) mass is 558 g/mol. The zero-order valence-corrected chi connectivity index (χ0v) is 23.3. The van der Waals surface area contributed by atoms with Crippen LogP contribution in [0.15, 0.2) is 41.1 Å². The zero-order valence-electron chi connectivity index (χ0n) is 23.3. The second-order valence-corrected chi connectivity index (χ2v) is 10.7. The SMILES string of the molecule is Cc1cc(C)c2oc(Nc3ccc(-c4nn(C5CCC(OC(=O)N(C)C)CC5)c5ncnc(N)c45)cc3F)nc2c1. The van der Waals surface area contributed by atoms with Crippen LogP contribution in [0.5, 0.6) is 0 Å². The van der Waals surface area contributed by atoms with Gasteiger partial charge in [-0.1, -0.05) is 12.1 Å². The van der Waals surface area contributed by atoms with Gasteiger partial charge in [-0.05, 0) is 68.9 Å². The lowest BCUT2D eigenvalue weighted by atomic mass is 9.93. The van der Waals surface area contributed by atoms with Gasteiger partial charge in [-0.3, -0.25) is 0 Å². The number of fused-ring (bicyclic) bond motifs is 2. The molecule has 1 fully saturated rings. The van der Waals surface area contributed by atoms with Gasteiger partial charge in [-0.15, -0.1) is 0 Å². The van der Waals surface area contributed by atoms with Crippen LogP contribution < -0.4 is 11.1 Å². The molecule has 0 spiro atoms. The number of carbonyl (C=O) groups excluding carboxylic acids is 1. The molecule has 212 valence electrons. The van der Waals surface area contributed by atoms with E-state index in [1.165, 1.54) is 17.3 Å². The maximum Gasteiger partial charge on any atom is 0.409 e. The summed E-state index contributed by atoms with van der Waals surface area (Å²) in [5.41, 5.74) is 11.5. The lowest BCUT2D eigenvalue weighted by molar-refractivity contribution is 0.0472. The zero-order chi connectivity index (χ0) is 28.8. The van der Waals surface area contributed by atoms with Crippen molar-refractivity contribution in [3.63, 3.8) is 0 Å². The number of carbonyl (C=O) groups is 1. The standard InChI is InChI=1S/C29H31FN8O3/c1-15-11-16(2)25-22(12-15)35-28(41-25)34-21-10-5-17(13-20(21)30)24-23-26(31)32-14-33-27(23)38(36-24)18-6-8-19(9-7-18)40-29(39)37(3)4/h5,10-14,18-19H,6-9H2,1-4H3,(H,34,35)(H2,31,32,33). The van der Waals surface area contributed by atoms with E-state index in [0.717, 1.165) is 24.0 Å². The number of nitrogens with one attached hydrogen (secondary N) is 1. The maximum absolute atomic E-state index is 15.4. The van der Waals surface area contributed by atoms with E-state index in [1.54, 1.807) is 26.2 Å². The molecule has 1 saturated carbocycles. The third kappa shape index (κ3) is 5.01. The second kappa shape index (κ2) is 10.3. The minimum atomic E-state index is -0.501. The van der Waals surface area contributed by atoms with Crippen molar-refractivity contribution in [1.82, 2.24) is 29.6 Å². The Morgan fingerprint density at radius 1 is 1.15 bits per heavy atom. The number of aromatic nitrogens is 5. The van der Waals surface area contributed by atoms with Crippen LogP contribution in [0.2, 0.25) is 0 Å². The fourth-order valence-corrected chi connectivity index (χ4v) is 5.42. The Labute approximate surface area is 235 Å². The highest BCUT2D eigenvalue weighted by molar-refractivity contribution is 5.98. The Bertz CT molecular complexity index is 1770. The average Bonchev–Trinajstić information content (AvgIpc) is 3.53. The van der Waals surface area contributed by atoms with Gasteiger partial charge in [0.2, 0.25) is 0 Å². The van der Waals surface area contributed by atoms with E-state index < -0.39 is 5.82 Å². The van der Waals surface area contributed by atoms with Crippen molar-refractivity contribution in [2.45, 2.75) is 51.7 Å². The molecule has 0 radical (unpaired) electrons. The summed E-state index contributed by atoms with van der Waals surface area (Å²) < 4.78 is 28.7. The van der Waals surface area contributed by atoms with Gasteiger partial charge >= 0.3 is 6.09 Å². The van der Waals surface area contributed by atoms with Crippen molar-refractivity contribution < 1.29 is 18.3 Å². The van der Waals surface area contributed by atoms with E-state index in [0.29, 0.717) is 46.2 Å². The fourth-order valence-electron chi connectivity index (χ4n) is 5.42. The van der Waals surface area contributed by atoms with E-state index in [9.17, 15) is 4.79 Å². The molecule has 3 heterocycles. The molecular weight excluding hydrogens is 527 g/mol. The van der Waals surface area contributed by atoms with Gasteiger partial charge in [0.1, 0.15) is 35.3 Å². The first-order valence-corrected chi connectivity index (χ1v) is 13.5. The van der Waals surface area contributed by atoms with E-state index >= 15 is 4.39 Å². The summed E-state index contributed by atoms with van der Waals surface area (Å²) in [6.45, 7) is 3.94. The molecule has 41 heavy (non-hydrogen) atoms. The van der Waals surface area contributed by atoms with E-state index in [-0.39, 0.29) is 35.8 Å². The van der Waals surface area contributed by atoms with E-state index in [4.69, 9.17) is 20.0 Å². The number of benzene rings is 2. The number of ether oxygens (including phenoxy) is 1. The van der Waals surface area contributed by atoms with Crippen molar-refractivity contribution in [3.8, 4) is 11.3 Å². The summed E-state index contributed by atoms with van der Waals surface area (Å²) in [6, 6.07) is 8.94. The molecule has 0 aliphatic heterocycles. The number of nitrogen functional groups attached to an aromatic ring is 1. The molecule has 3 N–H and O–H groups in total. The van der Waals surface area contributed by atoms with Crippen molar-refractivity contribution in [2.75, 3.05) is 25.1 Å². The van der Waals surface area contributed by atoms with Crippen LogP contribution in [0.3, 0.4) is 0 Å². The van der Waals surface area contributed by atoms with Crippen LogP contribution in [-0.2, 0) is 4.74 Å². The van der Waals surface area contributed by atoms with Gasteiger partial charge in [0, 0.05) is 19.7 Å². The Morgan fingerprint density at radius 2 is 1.93 bits per heavy atom. The molecule has 0 atom stereocenters. The molecule has 0 saturated heterocycles. The van der Waals surface area contributed by atoms with Gasteiger partial charge in [0.15, 0.2) is 11.2 Å². The quantitative estimate of drug-likeness (QED) is 0.270. The highest BCUT2D eigenvalue weighted by atomic mass is 19.1. The smallest absolute Gasteiger partial charge is 0.409 e. The molecular formula is C29H31FN8O3. The molecule has 1 aliphatic carbocycles. The topological polar surface area (TPSA) is 137 Å². The van der Waals surface area contributed by atoms with Crippen molar-refractivity contribution in [2.24, 2.45) is 0 Å². The highest BCUT2D eigenvalue weighted by Gasteiger charge is 2.29. The van der Waals surface area contributed by atoms with Gasteiger partial charge in [0.05, 0.1) is 17.1 Å². The third-order valence-electron chi connectivity index (χ3n) is 7.44. The summed E-state index contributed by atoms with van der Waals surface area (Å²) in [6.07, 6.45) is 3.80. The molecule has 6 rings (SSSR count). The summed E-state index contributed by atoms with van der Waals surface area (Å²) in [5.74, 6) is -0.233. The van der Waals surface area contributed by atoms with Gasteiger partial charge in [-0.2, -0.15) is 10.1 Å². The van der Waals surface area contributed by atoms with Crippen LogP contribution in [0.25, 0.3) is 33.4 Å². The first-order chi connectivity index (χ1) is 19.7. The number of aryl methyl sites for hydroxylation is 2. The Kier molecular flexibility index (Phi) is 6.68. The first-order valence-electron chi connectivity index (χ1n) is 13.5. The van der Waals surface area contributed by atoms with Crippen LogP contribution in [0.1, 0.15) is 42.9 Å². The van der Waals surface area contributed by atoms with E-state index in [2.05, 4.69) is 20.3 Å². The Morgan fingerprint density at radius 3 is 2.66 bits per heavy atom. The fraction of sp³-hybridized carbons (Fsp3) is 0.345. The highest BCUT2D eigenvalue weighted by Crippen LogP contribution is 2.37. The number of nitrogens with two attached hydrogens (primary N) is 1. The van der Waals surface area contributed by atoms with Crippen molar-refractivity contribution in [3.05, 3.63) is 53.6 Å². The lowest BCUT2D eigenvalue weighted by Gasteiger charge is -2.29. The first kappa shape index (κ1) is 26.5. The minimum Gasteiger partial charge on any atom is -0.446 e. The molecule has 2 aromatic carbocycles. The number of oxazole rings is 1. The van der Waals surface area contributed by atoms with E-state index in [1.807, 2.05) is 30.7 Å². The number of hydrogen-bond acceptors (Lipinski definition) is 9. The third-order valence-corrected chi connectivity index (χ3v) is 7.44. The predicted molar refractivity (Wildman–Crippen MR) is 153 cm³/mol. The number of anilines is 3.